The van der Waals surface area contributed by atoms with E-state index in [1.54, 1.807) is 0 Å². The summed E-state index contributed by atoms with van der Waals surface area (Å²) in [7, 11) is 0. The molecule has 10 heteroatoms. The predicted octanol–water partition coefficient (Wildman–Crippen LogP) is -2.03. The quantitative estimate of drug-likeness (QED) is 0.412. The van der Waals surface area contributed by atoms with Gasteiger partial charge in [-0.25, -0.2) is 0 Å². The van der Waals surface area contributed by atoms with Gasteiger partial charge in [-0.1, -0.05) is 0 Å². The first-order valence-electron chi connectivity index (χ1n) is 0.855. The Morgan fingerprint density at radius 2 is 0.700 bits per heavy atom. The van der Waals surface area contributed by atoms with Crippen LogP contribution in [-0.2, 0) is 56.5 Å². The number of hydrogen-bond donors (Lipinski definition) is 3. The minimum absolute atomic E-state index is 0. The van der Waals surface area contributed by atoms with Gasteiger partial charge >= 0.3 is 109 Å². The van der Waals surface area contributed by atoms with Crippen molar-refractivity contribution in [3.63, 3.8) is 0 Å². The molecule has 6 nitrogen and oxygen atoms in total. The number of rotatable bonds is 0. The maximum Gasteiger partial charge on any atom is 3.00 e. The van der Waals surface area contributed by atoms with E-state index in [-0.39, 0.29) is 40.4 Å². The van der Waals surface area contributed by atoms with Crippen LogP contribution < -0.4 is 0 Å². The van der Waals surface area contributed by atoms with Crippen LogP contribution in [0, 0.1) is 40.4 Å². The van der Waals surface area contributed by atoms with E-state index in [0.29, 0.717) is 0 Å². The van der Waals surface area contributed by atoms with Crippen molar-refractivity contribution in [2.75, 3.05) is 0 Å². The monoisotopic (exact) mass is 428 g/mol. The zero-order valence-corrected chi connectivity index (χ0v) is 9.72. The third-order valence-electron chi connectivity index (χ3n) is 0. The van der Waals surface area contributed by atoms with Crippen LogP contribution in [0.1, 0.15) is 0 Å². The van der Waals surface area contributed by atoms with Gasteiger partial charge in [0, 0.05) is 0 Å². The van der Waals surface area contributed by atoms with Gasteiger partial charge in [0.15, 0.2) is 0 Å². The first-order chi connectivity index (χ1) is 4.24. The second kappa shape index (κ2) is 43.4. The fourth-order valence-electron chi connectivity index (χ4n) is 0. The van der Waals surface area contributed by atoms with Crippen LogP contribution in [0.3, 0.4) is 0 Å². The summed E-state index contributed by atoms with van der Waals surface area (Å²) in [5, 5.41) is 0. The smallest absolute Gasteiger partial charge is 3.00 e. The molecule has 0 unspecified atom stereocenters. The first-order valence-corrected chi connectivity index (χ1v) is 3.53. The van der Waals surface area contributed by atoms with Crippen LogP contribution in [0.4, 0.5) is 0 Å². The molecule has 0 fully saturated rings. The van der Waals surface area contributed by atoms with E-state index in [4.69, 9.17) is 24.3 Å². The second-order valence-corrected chi connectivity index (χ2v) is 0.753. The average molecular weight is 426 g/mol. The van der Waals surface area contributed by atoms with Crippen molar-refractivity contribution in [3.05, 3.63) is 0 Å². The maximum atomic E-state index is 8.45. The molecule has 0 aliphatic rings. The van der Waals surface area contributed by atoms with Gasteiger partial charge in [0.1, 0.15) is 0 Å². The van der Waals surface area contributed by atoms with Crippen molar-refractivity contribution in [1.29, 1.82) is 0 Å². The SMILES string of the molecule is [O]=[Co-][OH].[O]=[Co-][OH].[O]=[Co-][OH].[Sm+3]. The summed E-state index contributed by atoms with van der Waals surface area (Å²) in [5.41, 5.74) is 0. The Morgan fingerprint density at radius 1 is 0.700 bits per heavy atom. The van der Waals surface area contributed by atoms with E-state index in [1.165, 1.54) is 0 Å². The largest absolute Gasteiger partial charge is 3.00 e. The third-order valence-corrected chi connectivity index (χ3v) is 0. The van der Waals surface area contributed by atoms with Crippen LogP contribution in [0.15, 0.2) is 0 Å². The maximum absolute atomic E-state index is 8.45. The average Bonchev–Trinajstić information content (AvgIpc) is 1.70. The molecule has 0 aliphatic carbocycles. The molecule has 3 N–H and O–H groups in total. The zero-order valence-electron chi connectivity index (χ0n) is 3.97. The summed E-state index contributed by atoms with van der Waals surface area (Å²) in [6.07, 6.45) is 0. The van der Waals surface area contributed by atoms with Gasteiger partial charge in [-0.15, -0.1) is 0 Å². The molecule has 10 heavy (non-hydrogen) atoms. The normalized spacial score (nSPS) is 6.30. The molecule has 0 aromatic heterocycles. The molecule has 0 aliphatic heterocycles. The van der Waals surface area contributed by atoms with E-state index in [0.717, 1.165) is 0 Å². The number of hydrogen-bond acceptors (Lipinski definition) is 3. The predicted molar refractivity (Wildman–Crippen MR) is 8.72 cm³/mol. The Hall–Kier alpha value is 2.14. The fourth-order valence-corrected chi connectivity index (χ4v) is 0. The van der Waals surface area contributed by atoms with E-state index in [1.807, 2.05) is 0 Å². The van der Waals surface area contributed by atoms with Crippen molar-refractivity contribution in [2.45, 2.75) is 0 Å². The Kier molecular flexibility index (Phi) is 98.6. The molecular weight excluding hydrogens is 423 g/mol. The van der Waals surface area contributed by atoms with E-state index in [2.05, 4.69) is 0 Å². The summed E-state index contributed by atoms with van der Waals surface area (Å²) in [4.78, 5) is 0. The van der Waals surface area contributed by atoms with Crippen LogP contribution in [0.5, 0.6) is 0 Å². The third kappa shape index (κ3) is 185. The van der Waals surface area contributed by atoms with Crippen molar-refractivity contribution in [1.82, 2.24) is 0 Å². The molecule has 0 heterocycles. The van der Waals surface area contributed by atoms with Crippen LogP contribution in [0.2, 0.25) is 0 Å². The second-order valence-electron chi connectivity index (χ2n) is 0.183. The van der Waals surface area contributed by atoms with Crippen molar-refractivity contribution >= 4 is 0 Å². The zero-order chi connectivity index (χ0) is 8.12. The van der Waals surface area contributed by atoms with Crippen LogP contribution in [0.25, 0.3) is 0 Å². The summed E-state index contributed by atoms with van der Waals surface area (Å²) in [5.74, 6) is 0. The van der Waals surface area contributed by atoms with Gasteiger partial charge in [0.2, 0.25) is 0 Å². The molecule has 0 aromatic rings. The molecular formula is H3Co3O6Sm. The minimum atomic E-state index is -0.812. The fraction of sp³-hybridized carbons (Fsp3) is 0. The van der Waals surface area contributed by atoms with Gasteiger partial charge in [0.25, 0.3) is 0 Å². The van der Waals surface area contributed by atoms with Gasteiger partial charge < -0.3 is 0 Å². The van der Waals surface area contributed by atoms with Crippen molar-refractivity contribution < 1.29 is 109 Å². The summed E-state index contributed by atoms with van der Waals surface area (Å²) >= 11 is -2.44. The molecule has 0 rings (SSSR count). The van der Waals surface area contributed by atoms with Crippen LogP contribution in [-0.4, -0.2) is 12.7 Å². The van der Waals surface area contributed by atoms with Gasteiger partial charge in [-0.2, -0.15) is 0 Å². The first kappa shape index (κ1) is 22.7. The molecule has 72 valence electrons. The van der Waals surface area contributed by atoms with Crippen LogP contribution >= 0.6 is 0 Å². The Labute approximate surface area is 108 Å². The standard InChI is InChI=1S/3Co.3H2O.3O.Sm/h;;;3*1H2;;;;/q;;;;;;;;;+3/p-3. The Bertz CT molecular complexity index is 49.7. The summed E-state index contributed by atoms with van der Waals surface area (Å²) in [6, 6.07) is 0. The van der Waals surface area contributed by atoms with Crippen molar-refractivity contribution in [3.8, 4) is 0 Å². The van der Waals surface area contributed by atoms with E-state index < -0.39 is 44.9 Å². The van der Waals surface area contributed by atoms with Crippen molar-refractivity contribution in [2.24, 2.45) is 0 Å². The minimum Gasteiger partial charge on any atom is 3.00 e. The van der Waals surface area contributed by atoms with E-state index >= 15 is 0 Å². The molecule has 0 saturated carbocycles. The molecule has 0 aromatic carbocycles. The Morgan fingerprint density at radius 3 is 0.700 bits per heavy atom. The van der Waals surface area contributed by atoms with Gasteiger partial charge in [-0.05, 0) is 0 Å². The Balaban J connectivity index is -0.0000000257. The molecule has 0 spiro atoms. The van der Waals surface area contributed by atoms with E-state index in [9.17, 15) is 0 Å². The molecule has 0 atom stereocenters. The topological polar surface area (TPSA) is 112 Å². The molecule has 0 saturated heterocycles. The van der Waals surface area contributed by atoms with Gasteiger partial charge in [0.05, 0.1) is 0 Å². The van der Waals surface area contributed by atoms with Gasteiger partial charge in [-0.3, -0.25) is 0 Å². The molecule has 0 bridgehead atoms. The summed E-state index contributed by atoms with van der Waals surface area (Å²) in [6.45, 7) is 0. The summed E-state index contributed by atoms with van der Waals surface area (Å²) < 4.78 is 46.3. The molecule has 1 radical (unpaired) electrons. The molecule has 0 amide bonds.